The molecule has 1 unspecified atom stereocenters. The van der Waals surface area contributed by atoms with Crippen LogP contribution < -0.4 is 5.32 Å². The summed E-state index contributed by atoms with van der Waals surface area (Å²) in [7, 11) is 1.99. The lowest BCUT2D eigenvalue weighted by atomic mass is 9.92. The van der Waals surface area contributed by atoms with Crippen molar-refractivity contribution >= 4 is 5.91 Å². The molecule has 1 saturated carbocycles. The minimum absolute atomic E-state index is 0.0171. The quantitative estimate of drug-likeness (QED) is 0.617. The van der Waals surface area contributed by atoms with Crippen molar-refractivity contribution in [3.8, 4) is 0 Å². The number of likely N-dealkylation sites (N-methyl/N-ethyl adjacent to an activating group) is 1. The van der Waals surface area contributed by atoms with Crippen molar-refractivity contribution in [2.24, 2.45) is 0 Å². The molecule has 7 heteroatoms. The second kappa shape index (κ2) is 6.88. The van der Waals surface area contributed by atoms with E-state index in [0.29, 0.717) is 12.8 Å². The van der Waals surface area contributed by atoms with Gasteiger partial charge in [-0.3, -0.25) is 9.69 Å². The summed E-state index contributed by atoms with van der Waals surface area (Å²) in [6.45, 7) is 0.974. The molecule has 0 aromatic heterocycles. The van der Waals surface area contributed by atoms with Gasteiger partial charge in [0.2, 0.25) is 5.91 Å². The van der Waals surface area contributed by atoms with Crippen molar-refractivity contribution in [2.75, 3.05) is 13.6 Å². The number of carbonyl (C=O) groups is 1. The Labute approximate surface area is 118 Å². The van der Waals surface area contributed by atoms with E-state index in [1.165, 1.54) is 0 Å². The van der Waals surface area contributed by atoms with Gasteiger partial charge in [0.1, 0.15) is 6.10 Å². The molecule has 0 spiro atoms. The molecule has 1 amide bonds. The average molecular weight is 285 g/mol. The highest BCUT2D eigenvalue weighted by molar-refractivity contribution is 5.82. The summed E-state index contributed by atoms with van der Waals surface area (Å²) in [5.41, 5.74) is 0. The Balaban J connectivity index is 1.74. The number of amides is 1. The summed E-state index contributed by atoms with van der Waals surface area (Å²) < 4.78 is 0. The molecule has 7 nitrogen and oxygen atoms in total. The van der Waals surface area contributed by atoms with Gasteiger partial charge in [0.25, 0.3) is 5.09 Å². The number of carbonyl (C=O) groups excluding carboxylic acids is 1. The van der Waals surface area contributed by atoms with E-state index in [0.717, 1.165) is 38.6 Å². The molecule has 2 aliphatic rings. The highest BCUT2D eigenvalue weighted by Gasteiger charge is 2.29. The average Bonchev–Trinajstić information content (AvgIpc) is 2.41. The normalized spacial score (nSPS) is 31.6. The van der Waals surface area contributed by atoms with Crippen LogP contribution in [-0.2, 0) is 9.63 Å². The zero-order chi connectivity index (χ0) is 14.5. The number of rotatable bonds is 4. The highest BCUT2D eigenvalue weighted by Crippen LogP contribution is 2.22. The third kappa shape index (κ3) is 4.06. The zero-order valence-corrected chi connectivity index (χ0v) is 11.9. The first-order valence-corrected chi connectivity index (χ1v) is 7.38. The van der Waals surface area contributed by atoms with Crippen molar-refractivity contribution in [3.63, 3.8) is 0 Å². The maximum absolute atomic E-state index is 12.2. The largest absolute Gasteiger partial charge is 0.352 e. The van der Waals surface area contributed by atoms with Crippen LogP contribution in [0.15, 0.2) is 0 Å². The van der Waals surface area contributed by atoms with Gasteiger partial charge in [-0.25, -0.2) is 0 Å². The van der Waals surface area contributed by atoms with Crippen molar-refractivity contribution in [1.29, 1.82) is 0 Å². The van der Waals surface area contributed by atoms with Crippen LogP contribution >= 0.6 is 0 Å². The van der Waals surface area contributed by atoms with Crippen LogP contribution in [0.1, 0.15) is 44.9 Å². The fraction of sp³-hybridized carbons (Fsp3) is 0.923. The Morgan fingerprint density at radius 3 is 2.55 bits per heavy atom. The minimum Gasteiger partial charge on any atom is -0.352 e. The fourth-order valence-electron chi connectivity index (χ4n) is 3.14. The molecule has 1 aliphatic carbocycles. The Morgan fingerprint density at radius 1 is 1.25 bits per heavy atom. The van der Waals surface area contributed by atoms with Crippen molar-refractivity contribution < 1.29 is 14.7 Å². The molecule has 0 radical (unpaired) electrons. The summed E-state index contributed by atoms with van der Waals surface area (Å²) >= 11 is 0. The molecule has 2 fully saturated rings. The van der Waals surface area contributed by atoms with Crippen LogP contribution in [0.2, 0.25) is 0 Å². The molecule has 0 aromatic rings. The summed E-state index contributed by atoms with van der Waals surface area (Å²) in [6.07, 6.45) is 5.63. The fourth-order valence-corrected chi connectivity index (χ4v) is 3.14. The van der Waals surface area contributed by atoms with Gasteiger partial charge in [-0.2, -0.15) is 0 Å². The number of likely N-dealkylation sites (tertiary alicyclic amines) is 1. The van der Waals surface area contributed by atoms with Gasteiger partial charge < -0.3 is 10.2 Å². The molecule has 2 rings (SSSR count). The number of hydrogen-bond donors (Lipinski definition) is 1. The molecule has 1 aliphatic heterocycles. The first-order chi connectivity index (χ1) is 9.56. The van der Waals surface area contributed by atoms with E-state index in [1.807, 2.05) is 7.05 Å². The van der Waals surface area contributed by atoms with Crippen molar-refractivity contribution in [2.45, 2.75) is 63.1 Å². The molecule has 0 bridgehead atoms. The SMILES string of the molecule is CN1CCCCC1C(=O)NC1CCC(O[N+](=O)[O-])CC1. The first kappa shape index (κ1) is 15.0. The Morgan fingerprint density at radius 2 is 1.95 bits per heavy atom. The van der Waals surface area contributed by atoms with Gasteiger partial charge in [0.05, 0.1) is 6.04 Å². The Hall–Kier alpha value is -1.37. The molecule has 1 saturated heterocycles. The van der Waals surface area contributed by atoms with Gasteiger partial charge in [0.15, 0.2) is 0 Å². The monoisotopic (exact) mass is 285 g/mol. The number of nitrogens with zero attached hydrogens (tertiary/aromatic N) is 2. The van der Waals surface area contributed by atoms with E-state index < -0.39 is 5.09 Å². The van der Waals surface area contributed by atoms with Crippen molar-refractivity contribution in [3.05, 3.63) is 10.1 Å². The van der Waals surface area contributed by atoms with Crippen LogP contribution in [0.25, 0.3) is 0 Å². The van der Waals surface area contributed by atoms with E-state index in [-0.39, 0.29) is 24.1 Å². The lowest BCUT2D eigenvalue weighted by Gasteiger charge is -2.34. The van der Waals surface area contributed by atoms with E-state index in [9.17, 15) is 14.9 Å². The van der Waals surface area contributed by atoms with Gasteiger partial charge >= 0.3 is 0 Å². The van der Waals surface area contributed by atoms with E-state index in [1.54, 1.807) is 0 Å². The number of piperidine rings is 1. The van der Waals surface area contributed by atoms with Crippen LogP contribution in [0.3, 0.4) is 0 Å². The molecular weight excluding hydrogens is 262 g/mol. The highest BCUT2D eigenvalue weighted by atomic mass is 17.0. The van der Waals surface area contributed by atoms with Gasteiger partial charge in [-0.05, 0) is 52.1 Å². The van der Waals surface area contributed by atoms with E-state index in [4.69, 9.17) is 0 Å². The van der Waals surface area contributed by atoms with Crippen LogP contribution in [0.5, 0.6) is 0 Å². The zero-order valence-electron chi connectivity index (χ0n) is 11.9. The van der Waals surface area contributed by atoms with Gasteiger partial charge in [0, 0.05) is 6.04 Å². The van der Waals surface area contributed by atoms with Gasteiger partial charge in [-0.1, -0.05) is 6.42 Å². The summed E-state index contributed by atoms with van der Waals surface area (Å²) in [5, 5.41) is 12.6. The third-order valence-corrected chi connectivity index (χ3v) is 4.33. The van der Waals surface area contributed by atoms with Crippen LogP contribution in [0.4, 0.5) is 0 Å². The Bertz CT molecular complexity index is 356. The molecule has 1 atom stereocenters. The number of nitrogens with one attached hydrogen (secondary N) is 1. The maximum atomic E-state index is 12.2. The van der Waals surface area contributed by atoms with E-state index in [2.05, 4.69) is 15.1 Å². The summed E-state index contributed by atoms with van der Waals surface area (Å²) in [5.74, 6) is 0.103. The molecule has 20 heavy (non-hydrogen) atoms. The van der Waals surface area contributed by atoms with Crippen molar-refractivity contribution in [1.82, 2.24) is 10.2 Å². The lowest BCUT2D eigenvalue weighted by Crippen LogP contribution is -2.51. The molecule has 0 aromatic carbocycles. The third-order valence-electron chi connectivity index (χ3n) is 4.33. The number of hydrogen-bond acceptors (Lipinski definition) is 5. The van der Waals surface area contributed by atoms with E-state index >= 15 is 0 Å². The molecular formula is C13H23N3O4. The topological polar surface area (TPSA) is 84.7 Å². The van der Waals surface area contributed by atoms with Crippen LogP contribution in [-0.4, -0.2) is 47.7 Å². The first-order valence-electron chi connectivity index (χ1n) is 7.38. The maximum Gasteiger partial charge on any atom is 0.294 e. The second-order valence-corrected chi connectivity index (χ2v) is 5.80. The lowest BCUT2D eigenvalue weighted by molar-refractivity contribution is -0.769. The predicted octanol–water partition coefficient (Wildman–Crippen LogP) is 1.11. The minimum atomic E-state index is -0.722. The summed E-state index contributed by atoms with van der Waals surface area (Å²) in [4.78, 5) is 29.2. The smallest absolute Gasteiger partial charge is 0.294 e. The standard InChI is InChI=1S/C13H23N3O4/c1-15-9-3-2-4-12(15)13(17)14-10-5-7-11(8-6-10)20-16(18)19/h10-12H,2-9H2,1H3,(H,14,17). The summed E-state index contributed by atoms with van der Waals surface area (Å²) in [6, 6.07) is 0.112. The molecule has 114 valence electrons. The predicted molar refractivity (Wildman–Crippen MR) is 72.5 cm³/mol. The molecule has 1 heterocycles. The second-order valence-electron chi connectivity index (χ2n) is 5.80. The van der Waals surface area contributed by atoms with Gasteiger partial charge in [-0.15, -0.1) is 10.1 Å². The molecule has 1 N–H and O–H groups in total. The Kier molecular flexibility index (Phi) is 5.17. The van der Waals surface area contributed by atoms with Crippen LogP contribution in [0, 0.1) is 10.1 Å².